The summed E-state index contributed by atoms with van der Waals surface area (Å²) in [5.74, 6) is 0. The van der Waals surface area contributed by atoms with E-state index in [9.17, 15) is 0 Å². The van der Waals surface area contributed by atoms with Crippen LogP contribution in [0.1, 0.15) is 96.0 Å². The maximum absolute atomic E-state index is 7.77. The van der Waals surface area contributed by atoms with Crippen molar-refractivity contribution in [2.24, 2.45) is 35.2 Å². The van der Waals surface area contributed by atoms with Gasteiger partial charge in [0.2, 0.25) is 28.5 Å². The van der Waals surface area contributed by atoms with Crippen molar-refractivity contribution >= 4 is 0 Å². The third kappa shape index (κ3) is 14.9. The zero-order valence-corrected chi connectivity index (χ0v) is 50.6. The van der Waals surface area contributed by atoms with Gasteiger partial charge in [-0.3, -0.25) is 0 Å². The van der Waals surface area contributed by atoms with Crippen LogP contribution in [-0.4, -0.2) is 0 Å². The lowest BCUT2D eigenvalue weighted by molar-refractivity contribution is -0.667. The van der Waals surface area contributed by atoms with E-state index in [1.807, 2.05) is 67.9 Å². The molecule has 410 valence electrons. The van der Waals surface area contributed by atoms with Gasteiger partial charge < -0.3 is 0 Å². The van der Waals surface area contributed by atoms with Crippen molar-refractivity contribution in [3.63, 3.8) is 0 Å². The molecule has 0 radical (unpaired) electrons. The molecule has 0 saturated carbocycles. The zero-order chi connectivity index (χ0) is 66.0. The summed E-state index contributed by atoms with van der Waals surface area (Å²) in [6.07, 6.45) is 5.84. The molecule has 5 heterocycles. The van der Waals surface area contributed by atoms with E-state index in [4.69, 9.17) is 12.3 Å². The van der Waals surface area contributed by atoms with Gasteiger partial charge in [-0.25, -0.2) is 13.7 Å². The Morgan fingerprint density at radius 3 is 1.04 bits per heavy atom. The maximum atomic E-state index is 7.77. The summed E-state index contributed by atoms with van der Waals surface area (Å²) >= 11 is 0. The summed E-state index contributed by atoms with van der Waals surface area (Å²) in [5.41, 5.74) is 26.6. The average molecular weight is 1070 g/mol. The molecule has 80 heavy (non-hydrogen) atoms. The average Bonchev–Trinajstić information content (AvgIpc) is 0.958. The Balaban J connectivity index is 0.000000178. The van der Waals surface area contributed by atoms with Crippen LogP contribution in [0, 0.1) is 104 Å². The number of benzene rings is 5. The second kappa shape index (κ2) is 27.6. The smallest absolute Gasteiger partial charge is 0.201 e. The minimum absolute atomic E-state index is 0.0264. The van der Waals surface area contributed by atoms with Crippen LogP contribution in [0.2, 0.25) is 0 Å². The van der Waals surface area contributed by atoms with Crippen LogP contribution in [0.5, 0.6) is 0 Å². The first-order chi connectivity index (χ1) is 41.6. The SMILES string of the molecule is Cc1cc(-c2ccccc2C)[n+](C)cc1C.Cc1cc(C)c(-c2ccccc2C)[n+](C)c1.Cc1ccccc1-c1ccc(C)c(C)[n+]1C.[2H]C([2H])([2H])c1cc(C([2H])([2H])[2H])c(-c2ccccc2C)[n+](C)c1.[2H]C([2H])([2H])c1ccc(-c2ccccc2C)[n+](C)c1C. The molecule has 0 aliphatic carbocycles. The minimum Gasteiger partial charge on any atom is -0.201 e. The Hall–Kier alpha value is -8.15. The standard InChI is InChI=1S/5C15H18N/c2*1-11-9-13(3)15(16(4)10-11)14-8-6-5-7-12(14)2;1-11-7-5-6-8-14(11)15-9-12(2)13(3)10-16(15)4;2*1-11-9-10-15(16(4)13(11)3)14-8-6-5-7-12(14)2/h5*5-10H,1-4H3/q5*+1/i1D3,3D3;;;1D3;. The monoisotopic (exact) mass is 1070 g/mol. The van der Waals surface area contributed by atoms with Crippen LogP contribution in [0.15, 0.2) is 182 Å². The topological polar surface area (TPSA) is 19.4 Å². The van der Waals surface area contributed by atoms with Crippen molar-refractivity contribution in [3.8, 4) is 56.3 Å². The lowest BCUT2D eigenvalue weighted by atomic mass is 10.0. The van der Waals surface area contributed by atoms with Gasteiger partial charge in [-0.1, -0.05) is 91.0 Å². The van der Waals surface area contributed by atoms with Gasteiger partial charge in [0, 0.05) is 111 Å². The highest BCUT2D eigenvalue weighted by Crippen LogP contribution is 2.26. The second-order valence-electron chi connectivity index (χ2n) is 21.3. The molecule has 5 aromatic carbocycles. The van der Waals surface area contributed by atoms with Crippen LogP contribution >= 0.6 is 0 Å². The Kier molecular flexibility index (Phi) is 16.9. The number of hydrogen-bond acceptors (Lipinski definition) is 0. The highest BCUT2D eigenvalue weighted by atomic mass is 15.0. The molecule has 5 heteroatoms. The van der Waals surface area contributed by atoms with Gasteiger partial charge in [-0.15, -0.1) is 0 Å². The van der Waals surface area contributed by atoms with E-state index in [-0.39, 0.29) is 11.1 Å². The largest absolute Gasteiger partial charge is 0.215 e. The van der Waals surface area contributed by atoms with Gasteiger partial charge in [0.1, 0.15) is 35.2 Å². The van der Waals surface area contributed by atoms with Crippen LogP contribution in [-0.2, 0) is 35.2 Å². The lowest BCUT2D eigenvalue weighted by Gasteiger charge is -2.07. The van der Waals surface area contributed by atoms with Crippen LogP contribution in [0.3, 0.4) is 0 Å². The van der Waals surface area contributed by atoms with Crippen LogP contribution in [0.4, 0.5) is 0 Å². The summed E-state index contributed by atoms with van der Waals surface area (Å²) in [4.78, 5) is 0. The van der Waals surface area contributed by atoms with Crippen molar-refractivity contribution < 1.29 is 35.2 Å². The molecule has 0 aliphatic rings. The molecule has 0 spiro atoms. The van der Waals surface area contributed by atoms with Crippen LogP contribution < -0.4 is 22.8 Å². The zero-order valence-electron chi connectivity index (χ0n) is 59.6. The number of nitrogens with zero attached hydrogens (tertiary/aromatic N) is 5. The van der Waals surface area contributed by atoms with Gasteiger partial charge in [-0.2, -0.15) is 9.13 Å². The fraction of sp³-hybridized carbons (Fsp3) is 0.267. The summed E-state index contributed by atoms with van der Waals surface area (Å²) < 4.78 is 78.7. The van der Waals surface area contributed by atoms with Gasteiger partial charge in [0.15, 0.2) is 30.0 Å². The third-order valence-corrected chi connectivity index (χ3v) is 15.2. The Morgan fingerprint density at radius 1 is 0.263 bits per heavy atom. The predicted molar refractivity (Wildman–Crippen MR) is 336 cm³/mol. The first kappa shape index (κ1) is 48.9. The first-order valence-corrected chi connectivity index (χ1v) is 27.4. The van der Waals surface area contributed by atoms with Crippen molar-refractivity contribution in [3.05, 3.63) is 266 Å². The second-order valence-corrected chi connectivity index (χ2v) is 21.3. The molecule has 0 bridgehead atoms. The summed E-state index contributed by atoms with van der Waals surface area (Å²) in [7, 11) is 9.93. The van der Waals surface area contributed by atoms with Gasteiger partial charge in [-0.05, 0) is 178 Å². The highest BCUT2D eigenvalue weighted by molar-refractivity contribution is 5.66. The minimum atomic E-state index is -2.39. The first-order valence-electron chi connectivity index (χ1n) is 31.9. The van der Waals surface area contributed by atoms with E-state index in [1.54, 1.807) is 17.7 Å². The molecule has 0 unspecified atom stereocenters. The van der Waals surface area contributed by atoms with Gasteiger partial charge in [0.25, 0.3) is 0 Å². The summed E-state index contributed by atoms with van der Waals surface area (Å²) in [6, 6.07) is 54.9. The number of aryl methyl sites for hydroxylation is 16. The molecular formula is C75H90N5+5. The van der Waals surface area contributed by atoms with E-state index in [1.165, 1.54) is 102 Å². The molecular weight excluding hydrogens is 971 g/mol. The van der Waals surface area contributed by atoms with E-state index in [2.05, 4.69) is 226 Å². The fourth-order valence-electron chi connectivity index (χ4n) is 10.1. The van der Waals surface area contributed by atoms with Crippen molar-refractivity contribution in [1.82, 2.24) is 0 Å². The number of rotatable bonds is 5. The normalized spacial score (nSPS) is 12.6. The van der Waals surface area contributed by atoms with E-state index < -0.39 is 20.6 Å². The molecule has 0 fully saturated rings. The van der Waals surface area contributed by atoms with E-state index in [0.29, 0.717) is 11.3 Å². The number of pyridine rings is 5. The Morgan fingerprint density at radius 2 is 0.625 bits per heavy atom. The molecule has 0 atom stereocenters. The lowest BCUT2D eigenvalue weighted by Crippen LogP contribution is -2.35. The Labute approximate surface area is 494 Å². The van der Waals surface area contributed by atoms with Gasteiger partial charge >= 0.3 is 0 Å². The highest BCUT2D eigenvalue weighted by Gasteiger charge is 2.19. The molecule has 10 aromatic rings. The summed E-state index contributed by atoms with van der Waals surface area (Å²) in [6.45, 7) is 18.4. The fourth-order valence-corrected chi connectivity index (χ4v) is 10.1. The molecule has 5 nitrogen and oxygen atoms in total. The van der Waals surface area contributed by atoms with Gasteiger partial charge in [0.05, 0.1) is 0 Å². The van der Waals surface area contributed by atoms with E-state index in [0.717, 1.165) is 28.1 Å². The van der Waals surface area contributed by atoms with E-state index >= 15 is 0 Å². The molecule has 5 aromatic heterocycles. The van der Waals surface area contributed by atoms with Crippen molar-refractivity contribution in [2.75, 3.05) is 0 Å². The molecule has 0 N–H and O–H groups in total. The molecule has 0 aliphatic heterocycles. The van der Waals surface area contributed by atoms with Crippen molar-refractivity contribution in [2.45, 2.75) is 104 Å². The number of aromatic nitrogens is 5. The van der Waals surface area contributed by atoms with Crippen molar-refractivity contribution in [1.29, 1.82) is 0 Å². The number of hydrogen-bond donors (Lipinski definition) is 0. The molecule has 0 amide bonds. The Bertz CT molecular complexity index is 4070. The third-order valence-electron chi connectivity index (χ3n) is 15.2. The molecule has 0 saturated heterocycles. The van der Waals surface area contributed by atoms with Crippen LogP contribution in [0.25, 0.3) is 56.3 Å². The quantitative estimate of drug-likeness (QED) is 0.153. The summed E-state index contributed by atoms with van der Waals surface area (Å²) in [5, 5.41) is 0. The maximum Gasteiger partial charge on any atom is 0.215 e. The molecule has 10 rings (SSSR count). The predicted octanol–water partition coefficient (Wildman–Crippen LogP) is 15.5.